The predicted octanol–water partition coefficient (Wildman–Crippen LogP) is 5.01. The summed E-state index contributed by atoms with van der Waals surface area (Å²) in [6.45, 7) is 4.73. The van der Waals surface area contributed by atoms with Gasteiger partial charge >= 0.3 is 0 Å². The summed E-state index contributed by atoms with van der Waals surface area (Å²) in [5, 5.41) is 12.0. The summed E-state index contributed by atoms with van der Waals surface area (Å²) in [5.74, 6) is 0.689. The monoisotopic (exact) mass is 370 g/mol. The van der Waals surface area contributed by atoms with Crippen LogP contribution in [0.15, 0.2) is 54.7 Å². The number of thiocarbonyl (C=S) groups is 1. The van der Waals surface area contributed by atoms with Gasteiger partial charge in [-0.05, 0) is 49.3 Å². The lowest BCUT2D eigenvalue weighted by atomic mass is 10.1. The highest BCUT2D eigenvalue weighted by Gasteiger charge is 2.06. The van der Waals surface area contributed by atoms with Gasteiger partial charge in [0.05, 0.1) is 6.54 Å². The first-order valence-electron chi connectivity index (χ1n) is 7.93. The van der Waals surface area contributed by atoms with Gasteiger partial charge in [0.25, 0.3) is 0 Å². The summed E-state index contributed by atoms with van der Waals surface area (Å²) in [6.07, 6.45) is 1.89. The number of benzene rings is 2. The molecule has 0 bridgehead atoms. The highest BCUT2D eigenvalue weighted by Crippen LogP contribution is 2.18. The topological polar surface area (TPSA) is 41.9 Å². The Hall–Kier alpha value is -2.37. The van der Waals surface area contributed by atoms with E-state index < -0.39 is 0 Å². The maximum Gasteiger partial charge on any atom is 0.176 e. The predicted molar refractivity (Wildman–Crippen MR) is 109 cm³/mol. The molecule has 0 amide bonds. The average Bonchev–Trinajstić information content (AvgIpc) is 2.99. The highest BCUT2D eigenvalue weighted by molar-refractivity contribution is 7.80. The molecule has 0 fully saturated rings. The Labute approximate surface area is 157 Å². The summed E-state index contributed by atoms with van der Waals surface area (Å²) in [6, 6.07) is 15.8. The largest absolute Gasteiger partial charge is 0.332 e. The van der Waals surface area contributed by atoms with E-state index in [2.05, 4.69) is 41.7 Å². The van der Waals surface area contributed by atoms with Crippen molar-refractivity contribution in [2.75, 3.05) is 10.6 Å². The number of halogens is 1. The molecular weight excluding hydrogens is 352 g/mol. The van der Waals surface area contributed by atoms with E-state index in [1.165, 1.54) is 5.56 Å². The first-order chi connectivity index (χ1) is 12.0. The van der Waals surface area contributed by atoms with Crippen LogP contribution in [0.3, 0.4) is 0 Å². The number of rotatable bonds is 4. The third-order valence-corrected chi connectivity index (χ3v) is 4.38. The number of aromatic nitrogens is 2. The smallest absolute Gasteiger partial charge is 0.176 e. The molecule has 0 aliphatic rings. The Morgan fingerprint density at radius 3 is 2.68 bits per heavy atom. The molecule has 3 rings (SSSR count). The zero-order chi connectivity index (χ0) is 17.8. The fourth-order valence-electron chi connectivity index (χ4n) is 2.54. The van der Waals surface area contributed by atoms with Crippen LogP contribution in [0.5, 0.6) is 0 Å². The maximum absolute atomic E-state index is 6.19. The van der Waals surface area contributed by atoms with Crippen molar-refractivity contribution in [1.82, 2.24) is 9.78 Å². The Balaban J connectivity index is 1.63. The minimum absolute atomic E-state index is 0.509. The number of nitrogens with one attached hydrogen (secondary N) is 2. The number of hydrogen-bond acceptors (Lipinski definition) is 2. The van der Waals surface area contributed by atoms with Crippen LogP contribution in [0.2, 0.25) is 5.02 Å². The fourth-order valence-corrected chi connectivity index (χ4v) is 2.95. The van der Waals surface area contributed by atoms with Gasteiger partial charge in [-0.15, -0.1) is 0 Å². The molecule has 0 aliphatic carbocycles. The Morgan fingerprint density at radius 1 is 1.12 bits per heavy atom. The van der Waals surface area contributed by atoms with Crippen molar-refractivity contribution in [3.63, 3.8) is 0 Å². The molecule has 0 saturated heterocycles. The lowest BCUT2D eigenvalue weighted by molar-refractivity contribution is 0.690. The Kier molecular flexibility index (Phi) is 5.36. The van der Waals surface area contributed by atoms with E-state index >= 15 is 0 Å². The molecule has 25 heavy (non-hydrogen) atoms. The van der Waals surface area contributed by atoms with Crippen molar-refractivity contribution in [2.24, 2.45) is 0 Å². The van der Waals surface area contributed by atoms with Crippen LogP contribution in [0, 0.1) is 13.8 Å². The lowest BCUT2D eigenvalue weighted by Crippen LogP contribution is -2.20. The minimum atomic E-state index is 0.509. The molecule has 1 aromatic heterocycles. The second-order valence-corrected chi connectivity index (χ2v) is 6.70. The Morgan fingerprint density at radius 2 is 1.92 bits per heavy atom. The maximum atomic E-state index is 6.19. The molecule has 0 saturated carbocycles. The molecule has 1 heterocycles. The zero-order valence-corrected chi connectivity index (χ0v) is 15.7. The zero-order valence-electron chi connectivity index (χ0n) is 14.1. The van der Waals surface area contributed by atoms with Crippen LogP contribution in [0.1, 0.15) is 16.7 Å². The summed E-state index contributed by atoms with van der Waals surface area (Å²) < 4.78 is 1.82. The number of anilines is 2. The van der Waals surface area contributed by atoms with E-state index in [0.29, 0.717) is 17.5 Å². The van der Waals surface area contributed by atoms with Gasteiger partial charge < -0.3 is 10.6 Å². The molecule has 0 atom stereocenters. The first kappa shape index (κ1) is 17.5. The molecule has 6 heteroatoms. The number of hydrogen-bond donors (Lipinski definition) is 2. The van der Waals surface area contributed by atoms with Gasteiger partial charge in [0.15, 0.2) is 10.9 Å². The minimum Gasteiger partial charge on any atom is -0.332 e. The molecular formula is C19H19ClN4S. The van der Waals surface area contributed by atoms with Gasteiger partial charge in [0, 0.05) is 23.0 Å². The second-order valence-electron chi connectivity index (χ2n) is 5.89. The van der Waals surface area contributed by atoms with Crippen LogP contribution in [-0.2, 0) is 6.54 Å². The summed E-state index contributed by atoms with van der Waals surface area (Å²) in [4.78, 5) is 0. The summed E-state index contributed by atoms with van der Waals surface area (Å²) >= 11 is 11.6. The average molecular weight is 371 g/mol. The van der Waals surface area contributed by atoms with Crippen LogP contribution in [-0.4, -0.2) is 14.9 Å². The highest BCUT2D eigenvalue weighted by atomic mass is 35.5. The van der Waals surface area contributed by atoms with Crippen LogP contribution >= 0.6 is 23.8 Å². The van der Waals surface area contributed by atoms with Gasteiger partial charge in [0.2, 0.25) is 0 Å². The lowest BCUT2D eigenvalue weighted by Gasteiger charge is -2.11. The molecule has 4 nitrogen and oxygen atoms in total. The van der Waals surface area contributed by atoms with Crippen molar-refractivity contribution in [2.45, 2.75) is 20.4 Å². The second kappa shape index (κ2) is 7.68. The Bertz CT molecular complexity index is 904. The molecule has 128 valence electrons. The van der Waals surface area contributed by atoms with E-state index in [9.17, 15) is 0 Å². The molecule has 2 aromatic carbocycles. The quantitative estimate of drug-likeness (QED) is 0.633. The van der Waals surface area contributed by atoms with Gasteiger partial charge in [-0.3, -0.25) is 4.68 Å². The van der Waals surface area contributed by atoms with Crippen molar-refractivity contribution in [1.29, 1.82) is 0 Å². The van der Waals surface area contributed by atoms with Gasteiger partial charge in [-0.2, -0.15) is 5.10 Å². The fraction of sp³-hybridized carbons (Fsp3) is 0.158. The van der Waals surface area contributed by atoms with Crippen LogP contribution in [0.4, 0.5) is 11.5 Å². The molecule has 0 spiro atoms. The van der Waals surface area contributed by atoms with E-state index in [1.54, 1.807) is 0 Å². The van der Waals surface area contributed by atoms with Crippen molar-refractivity contribution in [3.8, 4) is 0 Å². The van der Waals surface area contributed by atoms with Crippen LogP contribution < -0.4 is 10.6 Å². The van der Waals surface area contributed by atoms with Crippen LogP contribution in [0.25, 0.3) is 0 Å². The first-order valence-corrected chi connectivity index (χ1v) is 8.72. The molecule has 0 radical (unpaired) electrons. The molecule has 0 unspecified atom stereocenters. The van der Waals surface area contributed by atoms with Crippen molar-refractivity contribution in [3.05, 3.63) is 76.4 Å². The van der Waals surface area contributed by atoms with Gasteiger partial charge in [-0.1, -0.05) is 47.5 Å². The van der Waals surface area contributed by atoms with Gasteiger partial charge in [0.1, 0.15) is 0 Å². The molecule has 3 aromatic rings. The SMILES string of the molecule is Cc1ccc(NC(=S)Nc2ccn(Cc3ccccc3Cl)n2)c(C)c1. The molecule has 2 N–H and O–H groups in total. The third-order valence-electron chi connectivity index (χ3n) is 3.80. The number of nitrogens with zero attached hydrogens (tertiary/aromatic N) is 2. The summed E-state index contributed by atoms with van der Waals surface area (Å²) in [5.41, 5.74) is 4.38. The third kappa shape index (κ3) is 4.59. The van der Waals surface area contributed by atoms with E-state index in [1.807, 2.05) is 47.3 Å². The standard InChI is InChI=1S/C19H19ClN4S/c1-13-7-8-17(14(2)11-13)21-19(25)22-18-9-10-24(23-18)12-15-5-3-4-6-16(15)20/h3-11H,12H2,1-2H3,(H2,21,22,23,25). The van der Waals surface area contributed by atoms with E-state index in [4.69, 9.17) is 23.8 Å². The van der Waals surface area contributed by atoms with Gasteiger partial charge in [-0.25, -0.2) is 0 Å². The van der Waals surface area contributed by atoms with E-state index in [0.717, 1.165) is 21.8 Å². The molecule has 0 aliphatic heterocycles. The number of aryl methyl sites for hydroxylation is 2. The summed E-state index contributed by atoms with van der Waals surface area (Å²) in [7, 11) is 0. The van der Waals surface area contributed by atoms with E-state index in [-0.39, 0.29) is 0 Å². The van der Waals surface area contributed by atoms with Crippen molar-refractivity contribution >= 4 is 40.4 Å². The van der Waals surface area contributed by atoms with Crippen molar-refractivity contribution < 1.29 is 0 Å². The normalized spacial score (nSPS) is 10.5.